The smallest absolute Gasteiger partial charge is 0.0759 e. The molecule has 3 nitrogen and oxygen atoms in total. The first kappa shape index (κ1) is 6.74. The Labute approximate surface area is 58.9 Å². The predicted molar refractivity (Wildman–Crippen MR) is 35.8 cm³/mol. The van der Waals surface area contributed by atoms with Gasteiger partial charge in [0, 0.05) is 12.1 Å². The number of aromatic nitrogens is 1. The van der Waals surface area contributed by atoms with E-state index < -0.39 is 5.90 Å². The molecule has 1 aromatic heterocycles. The fraction of sp³-hybridized carbons (Fsp3) is 0.143. The van der Waals surface area contributed by atoms with Crippen LogP contribution in [0, 0.1) is 12.3 Å². The Balaban J connectivity index is 3.15. The van der Waals surface area contributed by atoms with Gasteiger partial charge in [0.05, 0.1) is 5.69 Å². The first-order valence-corrected chi connectivity index (χ1v) is 2.89. The third-order valence-electron chi connectivity index (χ3n) is 1.22. The highest BCUT2D eigenvalue weighted by molar-refractivity contribution is 5.87. The van der Waals surface area contributed by atoms with Crippen LogP contribution in [-0.2, 0) is 0 Å². The summed E-state index contributed by atoms with van der Waals surface area (Å²) >= 11 is 0. The van der Waals surface area contributed by atoms with Crippen LogP contribution in [0.1, 0.15) is 11.3 Å². The molecule has 0 aromatic carbocycles. The summed E-state index contributed by atoms with van der Waals surface area (Å²) in [6, 6.07) is 3.50. The molecule has 0 aliphatic rings. The molecule has 1 aromatic rings. The minimum Gasteiger partial charge on any atom is -0.858 e. The van der Waals surface area contributed by atoms with Gasteiger partial charge < -0.3 is 10.5 Å². The van der Waals surface area contributed by atoms with E-state index in [1.807, 2.05) is 0 Å². The van der Waals surface area contributed by atoms with Crippen LogP contribution in [-0.4, -0.2) is 10.9 Å². The molecule has 0 bridgehead atoms. The lowest BCUT2D eigenvalue weighted by atomic mass is 10.2. The topological polar surface area (TPSA) is 59.8 Å². The summed E-state index contributed by atoms with van der Waals surface area (Å²) in [6.45, 7) is 1.76. The second-order valence-electron chi connectivity index (χ2n) is 2.00. The zero-order valence-corrected chi connectivity index (χ0v) is 5.59. The number of nitrogens with one attached hydrogen (secondary N) is 1. The first-order chi connectivity index (χ1) is 4.72. The normalized spacial score (nSPS) is 9.30. The molecule has 10 heavy (non-hydrogen) atoms. The Morgan fingerprint density at radius 2 is 2.40 bits per heavy atom. The second-order valence-corrected chi connectivity index (χ2v) is 2.00. The molecule has 0 amide bonds. The number of nitrogens with zero attached hydrogens (tertiary/aromatic N) is 1. The van der Waals surface area contributed by atoms with Crippen LogP contribution in [0.15, 0.2) is 18.3 Å². The van der Waals surface area contributed by atoms with Crippen molar-refractivity contribution in [1.82, 2.24) is 4.98 Å². The predicted octanol–water partition coefficient (Wildman–Crippen LogP) is 0.0757. The molecule has 1 N–H and O–H groups in total. The maximum absolute atomic E-state index is 10.5. The molecule has 52 valence electrons. The Morgan fingerprint density at radius 1 is 1.70 bits per heavy atom. The van der Waals surface area contributed by atoms with Crippen molar-refractivity contribution in [2.24, 2.45) is 0 Å². The molecular weight excluding hydrogens is 128 g/mol. The minimum absolute atomic E-state index is 0.238. The van der Waals surface area contributed by atoms with E-state index in [-0.39, 0.29) is 5.69 Å². The van der Waals surface area contributed by atoms with E-state index in [1.165, 1.54) is 6.20 Å². The third kappa shape index (κ3) is 1.13. The van der Waals surface area contributed by atoms with Gasteiger partial charge in [0.15, 0.2) is 0 Å². The third-order valence-corrected chi connectivity index (χ3v) is 1.22. The van der Waals surface area contributed by atoms with Gasteiger partial charge >= 0.3 is 0 Å². The van der Waals surface area contributed by atoms with Gasteiger partial charge in [-0.1, -0.05) is 6.07 Å². The standard InChI is InChI=1S/C7H8N2O/c1-5-3-2-4-9-6(5)7(8)10/h2-4H,1H3,(H2,8,10)/p-1. The van der Waals surface area contributed by atoms with Gasteiger partial charge in [-0.3, -0.25) is 4.98 Å². The summed E-state index contributed by atoms with van der Waals surface area (Å²) in [6.07, 6.45) is 1.51. The molecule has 0 saturated carbocycles. The van der Waals surface area contributed by atoms with Crippen molar-refractivity contribution in [3.63, 3.8) is 0 Å². The van der Waals surface area contributed by atoms with E-state index in [1.54, 1.807) is 19.1 Å². The van der Waals surface area contributed by atoms with Crippen LogP contribution in [0.2, 0.25) is 0 Å². The van der Waals surface area contributed by atoms with E-state index >= 15 is 0 Å². The van der Waals surface area contributed by atoms with Gasteiger partial charge in [0.2, 0.25) is 0 Å². The van der Waals surface area contributed by atoms with Crippen LogP contribution in [0.3, 0.4) is 0 Å². The van der Waals surface area contributed by atoms with Crippen molar-refractivity contribution >= 4 is 5.90 Å². The van der Waals surface area contributed by atoms with Crippen molar-refractivity contribution in [3.8, 4) is 0 Å². The molecule has 0 unspecified atom stereocenters. The minimum atomic E-state index is -0.724. The Kier molecular flexibility index (Phi) is 1.67. The second kappa shape index (κ2) is 2.47. The van der Waals surface area contributed by atoms with Gasteiger partial charge in [-0.05, 0) is 18.6 Å². The summed E-state index contributed by atoms with van der Waals surface area (Å²) in [7, 11) is 0. The van der Waals surface area contributed by atoms with Gasteiger partial charge in [-0.25, -0.2) is 0 Å². The fourth-order valence-electron chi connectivity index (χ4n) is 0.723. The van der Waals surface area contributed by atoms with Crippen LogP contribution in [0.4, 0.5) is 0 Å². The molecule has 1 heterocycles. The number of rotatable bonds is 1. The first-order valence-electron chi connectivity index (χ1n) is 2.89. The number of hydrogen-bond acceptors (Lipinski definition) is 3. The maximum Gasteiger partial charge on any atom is 0.0759 e. The van der Waals surface area contributed by atoms with Crippen LogP contribution in [0.5, 0.6) is 0 Å². The Morgan fingerprint density at radius 3 is 2.80 bits per heavy atom. The van der Waals surface area contributed by atoms with Crippen LogP contribution >= 0.6 is 0 Å². The molecule has 0 spiro atoms. The number of hydrogen-bond donors (Lipinski definition) is 1. The fourth-order valence-corrected chi connectivity index (χ4v) is 0.723. The van der Waals surface area contributed by atoms with E-state index in [9.17, 15) is 5.11 Å². The van der Waals surface area contributed by atoms with Crippen molar-refractivity contribution < 1.29 is 5.11 Å². The van der Waals surface area contributed by atoms with E-state index in [2.05, 4.69) is 4.98 Å². The van der Waals surface area contributed by atoms with E-state index in [0.29, 0.717) is 0 Å². The lowest BCUT2D eigenvalue weighted by molar-refractivity contribution is -0.215. The number of pyridine rings is 1. The highest BCUT2D eigenvalue weighted by Gasteiger charge is 1.93. The summed E-state index contributed by atoms with van der Waals surface area (Å²) in [5, 5.41) is 17.2. The monoisotopic (exact) mass is 135 g/mol. The highest BCUT2D eigenvalue weighted by Crippen LogP contribution is 2.00. The van der Waals surface area contributed by atoms with Crippen molar-refractivity contribution in [3.05, 3.63) is 29.6 Å². The van der Waals surface area contributed by atoms with Crippen LogP contribution < -0.4 is 5.11 Å². The summed E-state index contributed by atoms with van der Waals surface area (Å²) in [4.78, 5) is 3.74. The SMILES string of the molecule is Cc1cccnc1C(=N)[O-]. The van der Waals surface area contributed by atoms with E-state index in [4.69, 9.17) is 5.41 Å². The Hall–Kier alpha value is -1.38. The maximum atomic E-state index is 10.5. The summed E-state index contributed by atoms with van der Waals surface area (Å²) in [5.74, 6) is -0.724. The average molecular weight is 135 g/mol. The molecule has 0 saturated heterocycles. The zero-order chi connectivity index (χ0) is 7.56. The number of aryl methyl sites for hydroxylation is 1. The molecule has 3 heteroatoms. The van der Waals surface area contributed by atoms with E-state index in [0.717, 1.165) is 5.56 Å². The molecule has 0 aliphatic heterocycles. The molecular formula is C7H7N2O-. The molecule has 0 fully saturated rings. The van der Waals surface area contributed by atoms with Crippen molar-refractivity contribution in [2.45, 2.75) is 6.92 Å². The quantitative estimate of drug-likeness (QED) is 0.437. The molecule has 0 aliphatic carbocycles. The summed E-state index contributed by atoms with van der Waals surface area (Å²) in [5.41, 5.74) is 0.991. The highest BCUT2D eigenvalue weighted by atomic mass is 16.3. The molecule has 0 atom stereocenters. The largest absolute Gasteiger partial charge is 0.858 e. The van der Waals surface area contributed by atoms with Gasteiger partial charge in [0.1, 0.15) is 0 Å². The van der Waals surface area contributed by atoms with Gasteiger partial charge in [-0.15, -0.1) is 0 Å². The lowest BCUT2D eigenvalue weighted by Gasteiger charge is -2.07. The summed E-state index contributed by atoms with van der Waals surface area (Å²) < 4.78 is 0. The Bertz CT molecular complexity index is 258. The average Bonchev–Trinajstić information content (AvgIpc) is 1.88. The van der Waals surface area contributed by atoms with Crippen LogP contribution in [0.25, 0.3) is 0 Å². The molecule has 1 rings (SSSR count). The molecule has 0 radical (unpaired) electrons. The van der Waals surface area contributed by atoms with Crippen molar-refractivity contribution in [1.29, 1.82) is 5.41 Å². The lowest BCUT2D eigenvalue weighted by Crippen LogP contribution is -2.19. The van der Waals surface area contributed by atoms with Gasteiger partial charge in [0.25, 0.3) is 0 Å². The zero-order valence-electron chi connectivity index (χ0n) is 5.59. The van der Waals surface area contributed by atoms with Gasteiger partial charge in [-0.2, -0.15) is 0 Å². The van der Waals surface area contributed by atoms with Crippen molar-refractivity contribution in [2.75, 3.05) is 0 Å².